The lowest BCUT2D eigenvalue weighted by Gasteiger charge is -2.21. The van der Waals surface area contributed by atoms with Crippen LogP contribution in [0.1, 0.15) is 61.1 Å². The van der Waals surface area contributed by atoms with E-state index in [1.807, 2.05) is 44.2 Å². The van der Waals surface area contributed by atoms with Crippen molar-refractivity contribution in [2.24, 2.45) is 5.92 Å². The van der Waals surface area contributed by atoms with Crippen LogP contribution >= 0.6 is 0 Å². The molecule has 1 unspecified atom stereocenters. The summed E-state index contributed by atoms with van der Waals surface area (Å²) >= 11 is 0. The Morgan fingerprint density at radius 2 is 1.15 bits per heavy atom. The quantitative estimate of drug-likeness (QED) is 0.204. The number of ether oxygens (including phenoxy) is 2. The van der Waals surface area contributed by atoms with Crippen LogP contribution in [0.3, 0.4) is 0 Å². The first-order chi connectivity index (χ1) is 19.8. The molecule has 5 nitrogen and oxygen atoms in total. The van der Waals surface area contributed by atoms with Crippen molar-refractivity contribution in [1.29, 1.82) is 0 Å². The van der Waals surface area contributed by atoms with Gasteiger partial charge in [0.2, 0.25) is 0 Å². The molecule has 41 heavy (non-hydrogen) atoms. The van der Waals surface area contributed by atoms with E-state index in [1.54, 1.807) is 86.0 Å². The molecule has 4 aromatic carbocycles. The average Bonchev–Trinajstić information content (AvgIpc) is 3.02. The van der Waals surface area contributed by atoms with E-state index in [9.17, 15) is 14.4 Å². The van der Waals surface area contributed by atoms with E-state index in [4.69, 9.17) is 9.47 Å². The Morgan fingerprint density at radius 3 is 1.71 bits per heavy atom. The number of aryl methyl sites for hydroxylation is 1. The molecule has 0 spiro atoms. The number of methoxy groups -OCH3 is 1. The fourth-order valence-corrected chi connectivity index (χ4v) is 4.73. The number of allylic oxidation sites excluding steroid dienone is 4. The molecule has 0 aliphatic heterocycles. The van der Waals surface area contributed by atoms with Gasteiger partial charge in [0.25, 0.3) is 0 Å². The van der Waals surface area contributed by atoms with Crippen molar-refractivity contribution in [3.63, 3.8) is 0 Å². The first kappa shape index (κ1) is 27.5. The number of benzene rings is 4. The zero-order valence-corrected chi connectivity index (χ0v) is 23.2. The highest BCUT2D eigenvalue weighted by molar-refractivity contribution is 6.13. The Labute approximate surface area is 239 Å². The SMILES string of the molecule is COc1ccc(C(=O)c2cccc(C(=O)C3=CC=C(Oc4ccc(C(=O)c5ccc(C)cc5)cc4)C(C)C3)c2)cc1. The Balaban J connectivity index is 1.27. The lowest BCUT2D eigenvalue weighted by Crippen LogP contribution is -2.15. The molecule has 0 saturated heterocycles. The van der Waals surface area contributed by atoms with E-state index in [2.05, 4.69) is 0 Å². The van der Waals surface area contributed by atoms with Gasteiger partial charge in [-0.1, -0.05) is 61.0 Å². The highest BCUT2D eigenvalue weighted by Gasteiger charge is 2.23. The van der Waals surface area contributed by atoms with Crippen LogP contribution in [0.2, 0.25) is 0 Å². The molecule has 0 heterocycles. The summed E-state index contributed by atoms with van der Waals surface area (Å²) in [5.41, 5.74) is 4.44. The minimum Gasteiger partial charge on any atom is -0.497 e. The van der Waals surface area contributed by atoms with Gasteiger partial charge in [-0.05, 0) is 74.0 Å². The molecule has 0 fully saturated rings. The number of Topliss-reactive ketones (excluding diaryl/α,β-unsaturated/α-hetero) is 1. The van der Waals surface area contributed by atoms with Gasteiger partial charge in [0.15, 0.2) is 17.3 Å². The predicted molar refractivity (Wildman–Crippen MR) is 159 cm³/mol. The maximum atomic E-state index is 13.3. The van der Waals surface area contributed by atoms with E-state index < -0.39 is 0 Å². The highest BCUT2D eigenvalue weighted by Crippen LogP contribution is 2.30. The molecule has 0 aromatic heterocycles. The molecule has 5 heteroatoms. The molecule has 1 aliphatic rings. The third-order valence-corrected chi connectivity index (χ3v) is 7.16. The van der Waals surface area contributed by atoms with Crippen molar-refractivity contribution in [2.75, 3.05) is 7.11 Å². The maximum absolute atomic E-state index is 13.3. The van der Waals surface area contributed by atoms with E-state index in [-0.39, 0.29) is 23.3 Å². The summed E-state index contributed by atoms with van der Waals surface area (Å²) in [4.78, 5) is 39.1. The molecule has 0 radical (unpaired) electrons. The van der Waals surface area contributed by atoms with Crippen LogP contribution in [-0.4, -0.2) is 24.5 Å². The molecular weight excluding hydrogens is 512 g/mol. The molecule has 0 N–H and O–H groups in total. The maximum Gasteiger partial charge on any atom is 0.193 e. The van der Waals surface area contributed by atoms with Gasteiger partial charge in [0.05, 0.1) is 7.11 Å². The molecule has 0 amide bonds. The topological polar surface area (TPSA) is 69.7 Å². The zero-order valence-electron chi connectivity index (χ0n) is 23.2. The molecule has 204 valence electrons. The van der Waals surface area contributed by atoms with Crippen molar-refractivity contribution in [2.45, 2.75) is 20.3 Å². The Kier molecular flexibility index (Phi) is 8.06. The standard InChI is InChI=1S/C36H30O5/c1-23-7-9-25(10-8-23)34(37)26-13-18-32(19-14-26)41-33-20-15-30(21-24(33)2)36(39)29-6-4-5-28(22-29)35(38)27-11-16-31(40-3)17-12-27/h4-20,22,24H,21H2,1-3H3. The summed E-state index contributed by atoms with van der Waals surface area (Å²) < 4.78 is 11.3. The van der Waals surface area contributed by atoms with Crippen molar-refractivity contribution in [3.8, 4) is 11.5 Å². The van der Waals surface area contributed by atoms with Gasteiger partial charge in [-0.25, -0.2) is 0 Å². The predicted octanol–water partition coefficient (Wildman–Crippen LogP) is 7.58. The second-order valence-electron chi connectivity index (χ2n) is 10.2. The average molecular weight is 543 g/mol. The Bertz CT molecular complexity index is 1660. The van der Waals surface area contributed by atoms with E-state index in [0.717, 1.165) is 11.3 Å². The number of ketones is 3. The first-order valence-corrected chi connectivity index (χ1v) is 13.5. The monoisotopic (exact) mass is 542 g/mol. The molecule has 0 bridgehead atoms. The van der Waals surface area contributed by atoms with Gasteiger partial charge in [-0.2, -0.15) is 0 Å². The fourth-order valence-electron chi connectivity index (χ4n) is 4.73. The minimum absolute atomic E-state index is 0.0306. The van der Waals surface area contributed by atoms with Gasteiger partial charge in [0.1, 0.15) is 17.3 Å². The largest absolute Gasteiger partial charge is 0.497 e. The number of carbonyl (C=O) groups is 3. The van der Waals surface area contributed by atoms with Crippen LogP contribution in [-0.2, 0) is 0 Å². The highest BCUT2D eigenvalue weighted by atomic mass is 16.5. The fraction of sp³-hybridized carbons (Fsp3) is 0.139. The van der Waals surface area contributed by atoms with Crippen molar-refractivity contribution in [1.82, 2.24) is 0 Å². The third-order valence-electron chi connectivity index (χ3n) is 7.16. The molecule has 4 aromatic rings. The van der Waals surface area contributed by atoms with Crippen molar-refractivity contribution < 1.29 is 23.9 Å². The summed E-state index contributed by atoms with van der Waals surface area (Å²) in [6.45, 7) is 3.99. The third kappa shape index (κ3) is 6.25. The summed E-state index contributed by atoms with van der Waals surface area (Å²) in [6, 6.07) is 28.3. The lowest BCUT2D eigenvalue weighted by molar-refractivity contribution is 0.102. The lowest BCUT2D eigenvalue weighted by atomic mass is 9.88. The normalized spacial score (nSPS) is 14.5. The van der Waals surface area contributed by atoms with Crippen LogP contribution in [0.4, 0.5) is 0 Å². The Hall–Kier alpha value is -5.03. The molecule has 1 atom stereocenters. The van der Waals surface area contributed by atoms with Crippen molar-refractivity contribution in [3.05, 3.63) is 154 Å². The molecule has 1 aliphatic carbocycles. The second kappa shape index (κ2) is 12.0. The zero-order chi connectivity index (χ0) is 28.9. The number of carbonyl (C=O) groups excluding carboxylic acids is 3. The van der Waals surface area contributed by atoms with E-state index >= 15 is 0 Å². The van der Waals surface area contributed by atoms with Crippen LogP contribution in [0.5, 0.6) is 11.5 Å². The van der Waals surface area contributed by atoms with Gasteiger partial charge in [-0.3, -0.25) is 14.4 Å². The molecule has 0 saturated carbocycles. The summed E-state index contributed by atoms with van der Waals surface area (Å²) in [6.07, 6.45) is 4.11. The Morgan fingerprint density at radius 1 is 0.634 bits per heavy atom. The number of hydrogen-bond acceptors (Lipinski definition) is 5. The first-order valence-electron chi connectivity index (χ1n) is 13.5. The van der Waals surface area contributed by atoms with Crippen LogP contribution in [0.25, 0.3) is 0 Å². The summed E-state index contributed by atoms with van der Waals surface area (Å²) in [5, 5.41) is 0. The van der Waals surface area contributed by atoms with E-state index in [1.165, 1.54) is 0 Å². The second-order valence-corrected chi connectivity index (χ2v) is 10.2. The minimum atomic E-state index is -0.157. The summed E-state index contributed by atoms with van der Waals surface area (Å²) in [7, 11) is 1.57. The number of hydrogen-bond donors (Lipinski definition) is 0. The van der Waals surface area contributed by atoms with Crippen LogP contribution < -0.4 is 9.47 Å². The van der Waals surface area contributed by atoms with E-state index in [0.29, 0.717) is 51.3 Å². The van der Waals surface area contributed by atoms with Gasteiger partial charge < -0.3 is 9.47 Å². The summed E-state index contributed by atoms with van der Waals surface area (Å²) in [5.74, 6) is 1.69. The van der Waals surface area contributed by atoms with Crippen LogP contribution in [0.15, 0.2) is 121 Å². The van der Waals surface area contributed by atoms with Crippen molar-refractivity contribution >= 4 is 17.3 Å². The van der Waals surface area contributed by atoms with Gasteiger partial charge in [0, 0.05) is 39.3 Å². The molecular formula is C36H30O5. The number of rotatable bonds is 9. The van der Waals surface area contributed by atoms with Gasteiger partial charge >= 0.3 is 0 Å². The molecule has 5 rings (SSSR count). The van der Waals surface area contributed by atoms with Gasteiger partial charge in [-0.15, -0.1) is 0 Å². The van der Waals surface area contributed by atoms with Crippen LogP contribution in [0, 0.1) is 12.8 Å². The smallest absolute Gasteiger partial charge is 0.193 e.